The molecule has 0 bridgehead atoms. The Morgan fingerprint density at radius 3 is 2.66 bits per heavy atom. The van der Waals surface area contributed by atoms with Crippen molar-refractivity contribution in [3.8, 4) is 0 Å². The summed E-state index contributed by atoms with van der Waals surface area (Å²) in [4.78, 5) is 40.7. The molecule has 29 heavy (non-hydrogen) atoms. The summed E-state index contributed by atoms with van der Waals surface area (Å²) in [6.07, 6.45) is 3.48. The van der Waals surface area contributed by atoms with E-state index in [9.17, 15) is 14.4 Å². The van der Waals surface area contributed by atoms with E-state index in [0.29, 0.717) is 12.2 Å². The molecule has 0 radical (unpaired) electrons. The zero-order chi connectivity index (χ0) is 20.4. The van der Waals surface area contributed by atoms with E-state index >= 15 is 0 Å². The molecule has 1 aliphatic heterocycles. The van der Waals surface area contributed by atoms with Crippen LogP contribution in [0.15, 0.2) is 48.5 Å². The zero-order valence-electron chi connectivity index (χ0n) is 16.6. The number of amides is 3. The lowest BCUT2D eigenvalue weighted by Crippen LogP contribution is -2.39. The Balaban J connectivity index is 1.36. The lowest BCUT2D eigenvalue weighted by atomic mass is 10.1. The SMILES string of the molecule is CN(CC(=O)Nc1ccccc1)C(=O)C1CC(=O)N(c2ccc3c(c2)CCC3)C1. The van der Waals surface area contributed by atoms with Gasteiger partial charge in [0, 0.05) is 31.4 Å². The van der Waals surface area contributed by atoms with Gasteiger partial charge in [-0.25, -0.2) is 0 Å². The molecule has 1 atom stereocenters. The normalized spacial score (nSPS) is 17.9. The first-order valence-electron chi connectivity index (χ1n) is 10.0. The molecule has 0 spiro atoms. The summed E-state index contributed by atoms with van der Waals surface area (Å²) in [6.45, 7) is 0.318. The van der Waals surface area contributed by atoms with Gasteiger partial charge in [-0.05, 0) is 54.7 Å². The predicted molar refractivity (Wildman–Crippen MR) is 112 cm³/mol. The Morgan fingerprint density at radius 2 is 1.86 bits per heavy atom. The summed E-state index contributed by atoms with van der Waals surface area (Å²) in [5, 5.41) is 2.78. The molecular weight excluding hydrogens is 366 g/mol. The second-order valence-corrected chi connectivity index (χ2v) is 7.82. The highest BCUT2D eigenvalue weighted by molar-refractivity contribution is 6.01. The molecule has 0 saturated carbocycles. The minimum atomic E-state index is -0.426. The third-order valence-electron chi connectivity index (χ3n) is 5.68. The number of hydrogen-bond acceptors (Lipinski definition) is 3. The maximum absolute atomic E-state index is 12.8. The average molecular weight is 391 g/mol. The number of nitrogens with zero attached hydrogens (tertiary/aromatic N) is 2. The number of aryl methyl sites for hydroxylation is 2. The summed E-state index contributed by atoms with van der Waals surface area (Å²) in [5.74, 6) is -0.897. The number of benzene rings is 2. The topological polar surface area (TPSA) is 69.7 Å². The number of carbonyl (C=O) groups is 3. The third-order valence-corrected chi connectivity index (χ3v) is 5.68. The van der Waals surface area contributed by atoms with E-state index in [2.05, 4.69) is 17.4 Å². The van der Waals surface area contributed by atoms with Crippen LogP contribution in [-0.2, 0) is 27.2 Å². The van der Waals surface area contributed by atoms with Crippen LogP contribution >= 0.6 is 0 Å². The van der Waals surface area contributed by atoms with Gasteiger partial charge < -0.3 is 15.1 Å². The summed E-state index contributed by atoms with van der Waals surface area (Å²) >= 11 is 0. The second kappa shape index (κ2) is 8.07. The molecule has 1 heterocycles. The van der Waals surface area contributed by atoms with E-state index in [1.165, 1.54) is 16.0 Å². The van der Waals surface area contributed by atoms with Crippen molar-refractivity contribution < 1.29 is 14.4 Å². The highest BCUT2D eigenvalue weighted by Gasteiger charge is 2.37. The van der Waals surface area contributed by atoms with Crippen molar-refractivity contribution in [2.45, 2.75) is 25.7 Å². The number of rotatable bonds is 5. The first-order valence-corrected chi connectivity index (χ1v) is 10.0. The number of nitrogens with one attached hydrogen (secondary N) is 1. The maximum atomic E-state index is 12.8. The highest BCUT2D eigenvalue weighted by Crippen LogP contribution is 2.31. The second-order valence-electron chi connectivity index (χ2n) is 7.82. The summed E-state index contributed by atoms with van der Waals surface area (Å²) in [5.41, 5.74) is 4.23. The number of fused-ring (bicyclic) bond motifs is 1. The smallest absolute Gasteiger partial charge is 0.243 e. The Morgan fingerprint density at radius 1 is 1.10 bits per heavy atom. The summed E-state index contributed by atoms with van der Waals surface area (Å²) in [6, 6.07) is 15.3. The predicted octanol–water partition coefficient (Wildman–Crippen LogP) is 2.63. The van der Waals surface area contributed by atoms with Crippen molar-refractivity contribution in [3.63, 3.8) is 0 Å². The Hall–Kier alpha value is -3.15. The molecule has 2 aliphatic rings. The molecule has 1 aliphatic carbocycles. The molecule has 2 aromatic carbocycles. The van der Waals surface area contributed by atoms with Gasteiger partial charge in [0.05, 0.1) is 12.5 Å². The molecule has 1 unspecified atom stereocenters. The monoisotopic (exact) mass is 391 g/mol. The van der Waals surface area contributed by atoms with Crippen LogP contribution < -0.4 is 10.2 Å². The van der Waals surface area contributed by atoms with Gasteiger partial charge in [0.2, 0.25) is 17.7 Å². The van der Waals surface area contributed by atoms with Crippen LogP contribution in [0.25, 0.3) is 0 Å². The Kier molecular flexibility index (Phi) is 5.34. The number of likely N-dealkylation sites (N-methyl/N-ethyl adjacent to an activating group) is 1. The Labute approximate surface area is 170 Å². The molecular formula is C23H25N3O3. The van der Waals surface area contributed by atoms with Crippen molar-refractivity contribution >= 4 is 29.1 Å². The Bertz CT molecular complexity index is 942. The number of anilines is 2. The van der Waals surface area contributed by atoms with Crippen molar-refractivity contribution in [1.82, 2.24) is 4.90 Å². The minimum Gasteiger partial charge on any atom is -0.336 e. The molecule has 150 valence electrons. The van der Waals surface area contributed by atoms with Gasteiger partial charge in [-0.1, -0.05) is 24.3 Å². The lowest BCUT2D eigenvalue weighted by Gasteiger charge is -2.21. The molecule has 3 amide bonds. The molecule has 4 rings (SSSR count). The van der Waals surface area contributed by atoms with Gasteiger partial charge in [-0.3, -0.25) is 14.4 Å². The molecule has 0 aromatic heterocycles. The van der Waals surface area contributed by atoms with Crippen LogP contribution in [-0.4, -0.2) is 42.8 Å². The standard InChI is InChI=1S/C23H25N3O3/c1-25(15-21(27)24-19-8-3-2-4-9-19)23(29)18-13-22(28)26(14-18)20-11-10-16-6-5-7-17(16)12-20/h2-4,8-12,18H,5-7,13-15H2,1H3,(H,24,27). The number of carbonyl (C=O) groups excluding carboxylic acids is 3. The molecule has 1 fully saturated rings. The lowest BCUT2D eigenvalue weighted by molar-refractivity contribution is -0.137. The molecule has 6 heteroatoms. The maximum Gasteiger partial charge on any atom is 0.243 e. The fourth-order valence-corrected chi connectivity index (χ4v) is 4.18. The van der Waals surface area contributed by atoms with E-state index in [-0.39, 0.29) is 30.7 Å². The van der Waals surface area contributed by atoms with Crippen molar-refractivity contribution in [3.05, 3.63) is 59.7 Å². The van der Waals surface area contributed by atoms with Gasteiger partial charge in [0.15, 0.2) is 0 Å². The van der Waals surface area contributed by atoms with E-state index in [0.717, 1.165) is 24.9 Å². The largest absolute Gasteiger partial charge is 0.336 e. The van der Waals surface area contributed by atoms with Crippen LogP contribution in [0.5, 0.6) is 0 Å². The van der Waals surface area contributed by atoms with Crippen LogP contribution in [0.1, 0.15) is 24.0 Å². The number of para-hydroxylation sites is 1. The fraction of sp³-hybridized carbons (Fsp3) is 0.348. The van der Waals surface area contributed by atoms with Crippen LogP contribution in [0.3, 0.4) is 0 Å². The van der Waals surface area contributed by atoms with Crippen molar-refractivity contribution in [2.75, 3.05) is 30.4 Å². The van der Waals surface area contributed by atoms with Crippen molar-refractivity contribution in [1.29, 1.82) is 0 Å². The van der Waals surface area contributed by atoms with Gasteiger partial charge in [0.25, 0.3) is 0 Å². The molecule has 2 aromatic rings. The van der Waals surface area contributed by atoms with Crippen LogP contribution in [0, 0.1) is 5.92 Å². The first kappa shape index (κ1) is 19.2. The van der Waals surface area contributed by atoms with Gasteiger partial charge >= 0.3 is 0 Å². The third kappa shape index (κ3) is 4.16. The van der Waals surface area contributed by atoms with Crippen LogP contribution in [0.2, 0.25) is 0 Å². The van der Waals surface area contributed by atoms with E-state index in [4.69, 9.17) is 0 Å². The molecule has 1 N–H and O–H groups in total. The van der Waals surface area contributed by atoms with E-state index < -0.39 is 5.92 Å². The fourth-order valence-electron chi connectivity index (χ4n) is 4.18. The first-order chi connectivity index (χ1) is 14.0. The quantitative estimate of drug-likeness (QED) is 0.852. The number of hydrogen-bond donors (Lipinski definition) is 1. The summed E-state index contributed by atoms with van der Waals surface area (Å²) < 4.78 is 0. The van der Waals surface area contributed by atoms with Gasteiger partial charge in [-0.15, -0.1) is 0 Å². The van der Waals surface area contributed by atoms with E-state index in [1.54, 1.807) is 24.1 Å². The van der Waals surface area contributed by atoms with Gasteiger partial charge in [-0.2, -0.15) is 0 Å². The van der Waals surface area contributed by atoms with Gasteiger partial charge in [0.1, 0.15) is 0 Å². The molecule has 6 nitrogen and oxygen atoms in total. The summed E-state index contributed by atoms with van der Waals surface area (Å²) in [7, 11) is 1.61. The minimum absolute atomic E-state index is 0.0385. The zero-order valence-corrected chi connectivity index (χ0v) is 16.6. The van der Waals surface area contributed by atoms with E-state index in [1.807, 2.05) is 24.3 Å². The molecule has 1 saturated heterocycles. The van der Waals surface area contributed by atoms with Crippen molar-refractivity contribution in [2.24, 2.45) is 5.92 Å². The van der Waals surface area contributed by atoms with Crippen LogP contribution in [0.4, 0.5) is 11.4 Å². The average Bonchev–Trinajstić information content (AvgIpc) is 3.33. The highest BCUT2D eigenvalue weighted by atomic mass is 16.2.